The first-order valence-corrected chi connectivity index (χ1v) is 18.1. The van der Waals surface area contributed by atoms with Gasteiger partial charge in [-0.3, -0.25) is 0 Å². The van der Waals surface area contributed by atoms with Crippen LogP contribution in [0.3, 0.4) is 0 Å². The van der Waals surface area contributed by atoms with E-state index in [0.29, 0.717) is 28.5 Å². The van der Waals surface area contributed by atoms with E-state index in [1.165, 1.54) is 0 Å². The van der Waals surface area contributed by atoms with E-state index in [1.54, 1.807) is 12.1 Å². The molecule has 0 bridgehead atoms. The lowest BCUT2D eigenvalue weighted by molar-refractivity contribution is 1.16. The van der Waals surface area contributed by atoms with E-state index in [0.717, 1.165) is 60.4 Å². The highest BCUT2D eigenvalue weighted by Gasteiger charge is 2.25. The van der Waals surface area contributed by atoms with Crippen molar-refractivity contribution in [3.05, 3.63) is 186 Å². The fourth-order valence-electron chi connectivity index (χ4n) is 8.07. The lowest BCUT2D eigenvalue weighted by Gasteiger charge is -2.16. The number of rotatable bonds is 5. The number of aromatic nitrogens is 4. The summed E-state index contributed by atoms with van der Waals surface area (Å²) in [6.07, 6.45) is 0. The van der Waals surface area contributed by atoms with Crippen molar-refractivity contribution < 1.29 is 0 Å². The van der Waals surface area contributed by atoms with E-state index in [2.05, 4.69) is 76.1 Å². The SMILES string of the molecule is [C-]#[N+]c1cc(-c2nc(-c3ccccc3)nc(-c3ccccc3)c2C#N)cc(C#N)c1-n1c2ccccc2c2c3c4ccccc4n(-c4ccccc4)c3ccc21. The van der Waals surface area contributed by atoms with Crippen molar-refractivity contribution in [1.29, 1.82) is 10.5 Å². The Bertz CT molecular complexity index is 3290. The van der Waals surface area contributed by atoms with Crippen molar-refractivity contribution in [2.45, 2.75) is 0 Å². The molecule has 10 rings (SSSR count). The van der Waals surface area contributed by atoms with Crippen LogP contribution in [0.15, 0.2) is 164 Å². The summed E-state index contributed by atoms with van der Waals surface area (Å²) < 4.78 is 4.34. The zero-order valence-corrected chi connectivity index (χ0v) is 29.7. The molecule has 7 nitrogen and oxygen atoms in total. The normalized spacial score (nSPS) is 11.2. The van der Waals surface area contributed by atoms with Crippen LogP contribution >= 0.6 is 0 Å². The van der Waals surface area contributed by atoms with Gasteiger partial charge >= 0.3 is 0 Å². The van der Waals surface area contributed by atoms with Crippen molar-refractivity contribution in [2.75, 3.05) is 0 Å². The summed E-state index contributed by atoms with van der Waals surface area (Å²) in [7, 11) is 0. The molecule has 0 fully saturated rings. The number of nitrogens with zero attached hydrogens (tertiary/aromatic N) is 7. The van der Waals surface area contributed by atoms with Crippen LogP contribution < -0.4 is 0 Å². The van der Waals surface area contributed by atoms with Crippen molar-refractivity contribution in [3.8, 4) is 57.4 Å². The predicted octanol–water partition coefficient (Wildman–Crippen LogP) is 12.0. The maximum atomic E-state index is 10.9. The van der Waals surface area contributed by atoms with Gasteiger partial charge in [0.25, 0.3) is 0 Å². The molecule has 0 N–H and O–H groups in total. The van der Waals surface area contributed by atoms with Crippen LogP contribution in [-0.4, -0.2) is 19.1 Å². The maximum Gasteiger partial charge on any atom is 0.212 e. The van der Waals surface area contributed by atoms with Crippen molar-refractivity contribution in [1.82, 2.24) is 19.1 Å². The van der Waals surface area contributed by atoms with Crippen molar-refractivity contribution in [3.63, 3.8) is 0 Å². The molecular formula is C49H27N7. The van der Waals surface area contributed by atoms with E-state index >= 15 is 0 Å². The van der Waals surface area contributed by atoms with E-state index in [9.17, 15) is 10.5 Å². The highest BCUT2D eigenvalue weighted by atomic mass is 15.0. The summed E-state index contributed by atoms with van der Waals surface area (Å²) in [5, 5.41) is 25.8. The minimum atomic E-state index is 0.262. The van der Waals surface area contributed by atoms with E-state index in [4.69, 9.17) is 16.5 Å². The first-order chi connectivity index (χ1) is 27.7. The fraction of sp³-hybridized carbons (Fsp3) is 0. The zero-order valence-electron chi connectivity index (χ0n) is 29.7. The molecule has 3 aromatic heterocycles. The summed E-state index contributed by atoms with van der Waals surface area (Å²) in [5.74, 6) is 0.437. The Balaban J connectivity index is 1.27. The molecule has 7 heteroatoms. The molecule has 258 valence electrons. The van der Waals surface area contributed by atoms with E-state index < -0.39 is 0 Å². The van der Waals surface area contributed by atoms with E-state index in [1.807, 2.05) is 102 Å². The van der Waals surface area contributed by atoms with Crippen LogP contribution in [0.1, 0.15) is 11.1 Å². The molecule has 7 aromatic carbocycles. The Morgan fingerprint density at radius 1 is 0.500 bits per heavy atom. The number of benzene rings is 7. The summed E-state index contributed by atoms with van der Waals surface area (Å²) in [6, 6.07) is 58.6. The van der Waals surface area contributed by atoms with Gasteiger partial charge in [-0.1, -0.05) is 115 Å². The second-order valence-corrected chi connectivity index (χ2v) is 13.5. The molecule has 0 unspecified atom stereocenters. The van der Waals surface area contributed by atoms with Crippen LogP contribution in [0, 0.1) is 29.2 Å². The van der Waals surface area contributed by atoms with Crippen molar-refractivity contribution >= 4 is 49.3 Å². The molecule has 10 aromatic rings. The third-order valence-corrected chi connectivity index (χ3v) is 10.4. The Kier molecular flexibility index (Phi) is 7.49. The highest BCUT2D eigenvalue weighted by Crippen LogP contribution is 2.45. The van der Waals surface area contributed by atoms with Crippen LogP contribution in [-0.2, 0) is 0 Å². The van der Waals surface area contributed by atoms with Crippen LogP contribution in [0.5, 0.6) is 0 Å². The maximum absolute atomic E-state index is 10.9. The summed E-state index contributed by atoms with van der Waals surface area (Å²) in [4.78, 5) is 13.9. The number of hydrogen-bond donors (Lipinski definition) is 0. The number of fused-ring (bicyclic) bond motifs is 7. The number of nitriles is 2. The molecule has 0 aliphatic rings. The van der Waals surface area contributed by atoms with Gasteiger partial charge in [0.2, 0.25) is 5.69 Å². The smallest absolute Gasteiger partial charge is 0.212 e. The molecular weight excluding hydrogens is 687 g/mol. The highest BCUT2D eigenvalue weighted by molar-refractivity contribution is 6.29. The molecule has 0 amide bonds. The Morgan fingerprint density at radius 2 is 1.02 bits per heavy atom. The lowest BCUT2D eigenvalue weighted by atomic mass is 9.97. The first kappa shape index (κ1) is 32.3. The first-order valence-electron chi connectivity index (χ1n) is 18.1. The standard InChI is InChI=1S/C49H27N7/c1-52-39-28-33(47-38(30-51)46(31-15-5-2-6-16-31)53-49(54-47)32-17-7-3-8-18-32)27-34(29-50)48(39)56-41-24-14-12-22-37(41)45-43(56)26-25-42-44(45)36-21-11-13-23-40(36)55(42)35-19-9-4-10-20-35/h2-28H. The van der Waals surface area contributed by atoms with Crippen molar-refractivity contribution in [2.24, 2.45) is 0 Å². The molecule has 0 atom stereocenters. The van der Waals surface area contributed by atoms with Crippen LogP contribution in [0.4, 0.5) is 5.69 Å². The third-order valence-electron chi connectivity index (χ3n) is 10.4. The van der Waals surface area contributed by atoms with Gasteiger partial charge in [-0.05, 0) is 54.1 Å². The predicted molar refractivity (Wildman–Crippen MR) is 223 cm³/mol. The van der Waals surface area contributed by atoms with Crippen LogP contribution in [0.25, 0.3) is 93.7 Å². The number of hydrogen-bond acceptors (Lipinski definition) is 4. The zero-order chi connectivity index (χ0) is 37.8. The number of para-hydroxylation sites is 3. The molecule has 0 saturated carbocycles. The lowest BCUT2D eigenvalue weighted by Crippen LogP contribution is -2.03. The molecule has 3 heterocycles. The Hall–Kier alpha value is -8.31. The summed E-state index contributed by atoms with van der Waals surface area (Å²) in [6.45, 7) is 8.52. The van der Waals surface area contributed by atoms with Gasteiger partial charge in [0.05, 0.1) is 57.3 Å². The Morgan fingerprint density at radius 3 is 1.61 bits per heavy atom. The summed E-state index contributed by atoms with van der Waals surface area (Å²) in [5.41, 5.74) is 9.10. The third kappa shape index (κ3) is 4.88. The molecule has 56 heavy (non-hydrogen) atoms. The molecule has 0 radical (unpaired) electrons. The molecule has 0 aliphatic carbocycles. The van der Waals surface area contributed by atoms with Gasteiger partial charge in [0.1, 0.15) is 11.6 Å². The second kappa shape index (κ2) is 13.0. The minimum absolute atomic E-state index is 0.262. The largest absolute Gasteiger partial charge is 0.318 e. The van der Waals surface area contributed by atoms with Crippen LogP contribution in [0.2, 0.25) is 0 Å². The molecule has 0 aliphatic heterocycles. The van der Waals surface area contributed by atoms with E-state index in [-0.39, 0.29) is 16.8 Å². The van der Waals surface area contributed by atoms with Gasteiger partial charge in [-0.2, -0.15) is 10.5 Å². The topological polar surface area (TPSA) is 87.6 Å². The Labute approximate surface area is 321 Å². The minimum Gasteiger partial charge on any atom is -0.318 e. The molecule has 0 saturated heterocycles. The monoisotopic (exact) mass is 713 g/mol. The van der Waals surface area contributed by atoms with Gasteiger partial charge in [-0.15, -0.1) is 0 Å². The van der Waals surface area contributed by atoms with Gasteiger partial charge in [-0.25, -0.2) is 14.8 Å². The van der Waals surface area contributed by atoms with Gasteiger partial charge in [0, 0.05) is 38.4 Å². The quantitative estimate of drug-likeness (QED) is 0.166. The average molecular weight is 714 g/mol. The fourth-order valence-corrected chi connectivity index (χ4v) is 8.07. The van der Waals surface area contributed by atoms with Gasteiger partial charge < -0.3 is 9.13 Å². The second-order valence-electron chi connectivity index (χ2n) is 13.5. The molecule has 0 spiro atoms. The average Bonchev–Trinajstić information content (AvgIpc) is 3.79. The summed E-state index contributed by atoms with van der Waals surface area (Å²) >= 11 is 0. The van der Waals surface area contributed by atoms with Gasteiger partial charge in [0.15, 0.2) is 5.82 Å².